The Balaban J connectivity index is 1.89. The molecule has 0 bridgehead atoms. The van der Waals surface area contributed by atoms with Gasteiger partial charge in [0.2, 0.25) is 0 Å². The fraction of sp³-hybridized carbons (Fsp3) is 0.556. The maximum atomic E-state index is 5.14. The summed E-state index contributed by atoms with van der Waals surface area (Å²) in [6, 6.07) is 0. The molecule has 1 saturated heterocycles. The van der Waals surface area contributed by atoms with Crippen molar-refractivity contribution in [1.82, 2.24) is 0 Å². The highest BCUT2D eigenvalue weighted by molar-refractivity contribution is 5.23. The molecule has 1 nitrogen and oxygen atoms in total. The van der Waals surface area contributed by atoms with Crippen LogP contribution in [0.5, 0.6) is 0 Å². The normalized spacial score (nSPS) is 30.0. The van der Waals surface area contributed by atoms with Crippen molar-refractivity contribution in [3.05, 3.63) is 23.8 Å². The van der Waals surface area contributed by atoms with E-state index in [1.807, 2.05) is 0 Å². The molecule has 2 aliphatic rings. The van der Waals surface area contributed by atoms with Crippen LogP contribution in [-0.4, -0.2) is 12.7 Å². The molecule has 54 valence electrons. The van der Waals surface area contributed by atoms with Gasteiger partial charge in [0, 0.05) is 6.42 Å². The van der Waals surface area contributed by atoms with Gasteiger partial charge in [-0.05, 0) is 18.4 Å². The molecule has 1 unspecified atom stereocenters. The minimum atomic E-state index is 0.550. The summed E-state index contributed by atoms with van der Waals surface area (Å²) in [7, 11) is 0. The molecular weight excluding hydrogens is 124 g/mol. The van der Waals surface area contributed by atoms with Gasteiger partial charge in [-0.15, -0.1) is 0 Å². The van der Waals surface area contributed by atoms with Crippen molar-refractivity contribution in [2.24, 2.45) is 0 Å². The van der Waals surface area contributed by atoms with E-state index in [9.17, 15) is 0 Å². The van der Waals surface area contributed by atoms with Crippen LogP contribution in [-0.2, 0) is 4.74 Å². The third-order valence-corrected chi connectivity index (χ3v) is 1.94. The van der Waals surface area contributed by atoms with E-state index >= 15 is 0 Å². The molecule has 1 heterocycles. The summed E-state index contributed by atoms with van der Waals surface area (Å²) in [6.45, 7) is 0.977. The molecule has 0 aromatic rings. The molecule has 1 atom stereocenters. The summed E-state index contributed by atoms with van der Waals surface area (Å²) < 4.78 is 5.14. The Morgan fingerprint density at radius 3 is 3.00 bits per heavy atom. The zero-order valence-electron chi connectivity index (χ0n) is 6.05. The topological polar surface area (TPSA) is 12.5 Å². The fourth-order valence-corrected chi connectivity index (χ4v) is 1.27. The fourth-order valence-electron chi connectivity index (χ4n) is 1.27. The van der Waals surface area contributed by atoms with E-state index < -0.39 is 0 Å². The Hall–Kier alpha value is -0.560. The first-order valence-electron chi connectivity index (χ1n) is 3.92. The van der Waals surface area contributed by atoms with E-state index in [4.69, 9.17) is 4.74 Å². The molecule has 1 fully saturated rings. The van der Waals surface area contributed by atoms with Gasteiger partial charge in [-0.25, -0.2) is 0 Å². The summed E-state index contributed by atoms with van der Waals surface area (Å²) in [4.78, 5) is 0. The Labute approximate surface area is 61.4 Å². The molecule has 0 aromatic heterocycles. The van der Waals surface area contributed by atoms with Crippen molar-refractivity contribution < 1.29 is 4.74 Å². The van der Waals surface area contributed by atoms with Gasteiger partial charge in [-0.1, -0.05) is 18.2 Å². The number of allylic oxidation sites excluding steroid dienone is 3. The van der Waals surface area contributed by atoms with E-state index in [-0.39, 0.29) is 0 Å². The third kappa shape index (κ3) is 1.48. The second-order valence-corrected chi connectivity index (χ2v) is 2.92. The van der Waals surface area contributed by atoms with Crippen molar-refractivity contribution >= 4 is 0 Å². The zero-order valence-corrected chi connectivity index (χ0v) is 6.05. The molecule has 0 amide bonds. The van der Waals surface area contributed by atoms with Crippen molar-refractivity contribution in [3.63, 3.8) is 0 Å². The Bertz CT molecular complexity index is 175. The Kier molecular flexibility index (Phi) is 1.60. The lowest BCUT2D eigenvalue weighted by atomic mass is 10.0. The molecule has 0 radical (unpaired) electrons. The van der Waals surface area contributed by atoms with Gasteiger partial charge in [-0.2, -0.15) is 0 Å². The molecule has 10 heavy (non-hydrogen) atoms. The third-order valence-electron chi connectivity index (χ3n) is 1.94. The number of epoxide rings is 1. The van der Waals surface area contributed by atoms with Gasteiger partial charge in [0.25, 0.3) is 0 Å². The van der Waals surface area contributed by atoms with Crippen LogP contribution in [0.25, 0.3) is 0 Å². The second-order valence-electron chi connectivity index (χ2n) is 2.92. The summed E-state index contributed by atoms with van der Waals surface area (Å²) in [5, 5.41) is 0. The smallest absolute Gasteiger partial charge is 0.0850 e. The van der Waals surface area contributed by atoms with E-state index in [0.717, 1.165) is 13.0 Å². The standard InChI is InChI=1S/C9H12O/c1-2-4-8(5-3-1)6-9-7-10-9/h2,4-5,9H,1,3,6-7H2. The van der Waals surface area contributed by atoms with Crippen molar-refractivity contribution in [2.75, 3.05) is 6.61 Å². The minimum absolute atomic E-state index is 0.550. The maximum absolute atomic E-state index is 5.14. The number of hydrogen-bond acceptors (Lipinski definition) is 1. The highest BCUT2D eigenvalue weighted by Gasteiger charge is 2.22. The lowest BCUT2D eigenvalue weighted by Gasteiger charge is -2.03. The van der Waals surface area contributed by atoms with Crippen LogP contribution < -0.4 is 0 Å². The first-order valence-corrected chi connectivity index (χ1v) is 3.92. The molecule has 2 rings (SSSR count). The first kappa shape index (κ1) is 6.17. The van der Waals surface area contributed by atoms with Crippen LogP contribution in [0.4, 0.5) is 0 Å². The van der Waals surface area contributed by atoms with E-state index in [1.54, 1.807) is 0 Å². The van der Waals surface area contributed by atoms with Gasteiger partial charge in [-0.3, -0.25) is 0 Å². The summed E-state index contributed by atoms with van der Waals surface area (Å²) in [6.07, 6.45) is 10.9. The molecule has 1 aliphatic carbocycles. The number of rotatable bonds is 2. The Morgan fingerprint density at radius 1 is 1.50 bits per heavy atom. The second kappa shape index (κ2) is 2.59. The van der Waals surface area contributed by atoms with Crippen LogP contribution in [0, 0.1) is 0 Å². The lowest BCUT2D eigenvalue weighted by molar-refractivity contribution is 0.408. The monoisotopic (exact) mass is 136 g/mol. The highest BCUT2D eigenvalue weighted by Crippen LogP contribution is 2.22. The molecule has 0 aromatic carbocycles. The lowest BCUT2D eigenvalue weighted by Crippen LogP contribution is -1.90. The van der Waals surface area contributed by atoms with E-state index in [0.29, 0.717) is 6.10 Å². The predicted octanol–water partition coefficient (Wildman–Crippen LogP) is 2.05. The van der Waals surface area contributed by atoms with Crippen LogP contribution in [0.15, 0.2) is 23.8 Å². The first-order chi connectivity index (χ1) is 4.95. The van der Waals surface area contributed by atoms with Crippen LogP contribution >= 0.6 is 0 Å². The van der Waals surface area contributed by atoms with E-state index in [1.165, 1.54) is 18.4 Å². The van der Waals surface area contributed by atoms with Gasteiger partial charge in [0.1, 0.15) is 0 Å². The average Bonchev–Trinajstić information content (AvgIpc) is 2.74. The largest absolute Gasteiger partial charge is 0.373 e. The quantitative estimate of drug-likeness (QED) is 0.529. The van der Waals surface area contributed by atoms with Gasteiger partial charge in [0.05, 0.1) is 12.7 Å². The van der Waals surface area contributed by atoms with Crippen molar-refractivity contribution in [1.29, 1.82) is 0 Å². The van der Waals surface area contributed by atoms with Crippen molar-refractivity contribution in [2.45, 2.75) is 25.4 Å². The van der Waals surface area contributed by atoms with Gasteiger partial charge >= 0.3 is 0 Å². The van der Waals surface area contributed by atoms with E-state index in [2.05, 4.69) is 18.2 Å². The molecule has 1 aliphatic heterocycles. The maximum Gasteiger partial charge on any atom is 0.0850 e. The molecule has 0 spiro atoms. The summed E-state index contributed by atoms with van der Waals surface area (Å²) in [5.41, 5.74) is 1.47. The highest BCUT2D eigenvalue weighted by atomic mass is 16.6. The zero-order chi connectivity index (χ0) is 6.81. The minimum Gasteiger partial charge on any atom is -0.373 e. The van der Waals surface area contributed by atoms with Crippen LogP contribution in [0.3, 0.4) is 0 Å². The molecular formula is C9H12O. The summed E-state index contributed by atoms with van der Waals surface area (Å²) >= 11 is 0. The number of ether oxygens (including phenoxy) is 1. The molecule has 0 saturated carbocycles. The van der Waals surface area contributed by atoms with Crippen LogP contribution in [0.1, 0.15) is 19.3 Å². The van der Waals surface area contributed by atoms with Crippen molar-refractivity contribution in [3.8, 4) is 0 Å². The Morgan fingerprint density at radius 2 is 2.40 bits per heavy atom. The SMILES string of the molecule is C1=CC(CC2CO2)=CCC1. The van der Waals surface area contributed by atoms with Gasteiger partial charge in [0.15, 0.2) is 0 Å². The molecule has 1 heteroatoms. The van der Waals surface area contributed by atoms with Gasteiger partial charge < -0.3 is 4.74 Å². The van der Waals surface area contributed by atoms with Crippen LogP contribution in [0.2, 0.25) is 0 Å². The molecule has 0 N–H and O–H groups in total. The average molecular weight is 136 g/mol. The predicted molar refractivity (Wildman–Crippen MR) is 40.8 cm³/mol. The summed E-state index contributed by atoms with van der Waals surface area (Å²) in [5.74, 6) is 0. The number of hydrogen-bond donors (Lipinski definition) is 0.